The molecule has 90 valence electrons. The number of aromatic nitrogens is 2. The number of hydrogen-bond donors (Lipinski definition) is 1. The Balaban J connectivity index is 1.90. The highest BCUT2D eigenvalue weighted by Crippen LogP contribution is 2.31. The average molecular weight is 223 g/mol. The fourth-order valence-electron chi connectivity index (χ4n) is 2.14. The SMILES string of the molecule is CC(C)NCc1nnc(C2CCCCC2)o1. The van der Waals surface area contributed by atoms with Gasteiger partial charge in [0.1, 0.15) is 0 Å². The molecule has 16 heavy (non-hydrogen) atoms. The van der Waals surface area contributed by atoms with Crippen molar-refractivity contribution in [2.24, 2.45) is 0 Å². The second-order valence-corrected chi connectivity index (χ2v) is 4.90. The van der Waals surface area contributed by atoms with E-state index in [1.54, 1.807) is 0 Å². The molecule has 0 radical (unpaired) electrons. The van der Waals surface area contributed by atoms with Gasteiger partial charge in [-0.1, -0.05) is 33.1 Å². The summed E-state index contributed by atoms with van der Waals surface area (Å²) < 4.78 is 5.69. The Morgan fingerprint density at radius 3 is 2.69 bits per heavy atom. The predicted octanol–water partition coefficient (Wildman–Crippen LogP) is 2.62. The van der Waals surface area contributed by atoms with Gasteiger partial charge < -0.3 is 9.73 Å². The van der Waals surface area contributed by atoms with Gasteiger partial charge in [-0.2, -0.15) is 0 Å². The molecule has 0 bridgehead atoms. The molecule has 1 aliphatic carbocycles. The third-order valence-corrected chi connectivity index (χ3v) is 3.10. The maximum Gasteiger partial charge on any atom is 0.230 e. The van der Waals surface area contributed by atoms with E-state index in [9.17, 15) is 0 Å². The van der Waals surface area contributed by atoms with Crippen LogP contribution < -0.4 is 5.32 Å². The second kappa shape index (κ2) is 5.43. The largest absolute Gasteiger partial charge is 0.424 e. The molecule has 0 saturated heterocycles. The Bertz CT molecular complexity index is 316. The van der Waals surface area contributed by atoms with Crippen molar-refractivity contribution in [3.05, 3.63) is 11.8 Å². The fourth-order valence-corrected chi connectivity index (χ4v) is 2.14. The lowest BCUT2D eigenvalue weighted by atomic mass is 9.89. The molecule has 1 aliphatic rings. The lowest BCUT2D eigenvalue weighted by Crippen LogP contribution is -2.21. The Hall–Kier alpha value is -0.900. The quantitative estimate of drug-likeness (QED) is 0.852. The first-order valence-corrected chi connectivity index (χ1v) is 6.31. The maximum atomic E-state index is 5.69. The van der Waals surface area contributed by atoms with E-state index in [-0.39, 0.29) is 0 Å². The molecule has 1 aromatic heterocycles. The van der Waals surface area contributed by atoms with Crippen LogP contribution in [0.2, 0.25) is 0 Å². The molecule has 0 aliphatic heterocycles. The molecule has 0 spiro atoms. The summed E-state index contributed by atoms with van der Waals surface area (Å²) >= 11 is 0. The van der Waals surface area contributed by atoms with Gasteiger partial charge in [0.25, 0.3) is 0 Å². The minimum atomic E-state index is 0.449. The van der Waals surface area contributed by atoms with Crippen molar-refractivity contribution in [2.45, 2.75) is 64.5 Å². The summed E-state index contributed by atoms with van der Waals surface area (Å²) in [6, 6.07) is 0.449. The van der Waals surface area contributed by atoms with Gasteiger partial charge in [0.15, 0.2) is 0 Å². The van der Waals surface area contributed by atoms with Crippen molar-refractivity contribution in [2.75, 3.05) is 0 Å². The monoisotopic (exact) mass is 223 g/mol. The second-order valence-electron chi connectivity index (χ2n) is 4.90. The lowest BCUT2D eigenvalue weighted by molar-refractivity contribution is 0.345. The Kier molecular flexibility index (Phi) is 3.93. The van der Waals surface area contributed by atoms with Crippen LogP contribution in [0, 0.1) is 0 Å². The molecule has 4 heteroatoms. The highest BCUT2D eigenvalue weighted by Gasteiger charge is 2.21. The lowest BCUT2D eigenvalue weighted by Gasteiger charge is -2.17. The van der Waals surface area contributed by atoms with Gasteiger partial charge >= 0.3 is 0 Å². The van der Waals surface area contributed by atoms with Crippen molar-refractivity contribution in [3.8, 4) is 0 Å². The molecule has 0 aromatic carbocycles. The minimum absolute atomic E-state index is 0.449. The number of nitrogens with zero attached hydrogens (tertiary/aromatic N) is 2. The smallest absolute Gasteiger partial charge is 0.230 e. The molecule has 1 saturated carbocycles. The zero-order valence-electron chi connectivity index (χ0n) is 10.2. The van der Waals surface area contributed by atoms with Crippen LogP contribution in [0.3, 0.4) is 0 Å². The van der Waals surface area contributed by atoms with E-state index in [2.05, 4.69) is 29.4 Å². The number of hydrogen-bond acceptors (Lipinski definition) is 4. The van der Waals surface area contributed by atoms with E-state index in [4.69, 9.17) is 4.42 Å². The van der Waals surface area contributed by atoms with Crippen molar-refractivity contribution in [3.63, 3.8) is 0 Å². The van der Waals surface area contributed by atoms with Crippen LogP contribution in [0.15, 0.2) is 4.42 Å². The van der Waals surface area contributed by atoms with Crippen LogP contribution in [-0.4, -0.2) is 16.2 Å². The first kappa shape index (κ1) is 11.6. The van der Waals surface area contributed by atoms with Crippen molar-refractivity contribution in [1.82, 2.24) is 15.5 Å². The fraction of sp³-hybridized carbons (Fsp3) is 0.833. The highest BCUT2D eigenvalue weighted by atomic mass is 16.4. The summed E-state index contributed by atoms with van der Waals surface area (Å²) in [7, 11) is 0. The normalized spacial score (nSPS) is 18.2. The summed E-state index contributed by atoms with van der Waals surface area (Å²) in [6.45, 7) is 4.90. The van der Waals surface area contributed by atoms with Gasteiger partial charge in [-0.3, -0.25) is 0 Å². The van der Waals surface area contributed by atoms with Gasteiger partial charge in [-0.05, 0) is 12.8 Å². The summed E-state index contributed by atoms with van der Waals surface area (Å²) in [5, 5.41) is 11.5. The molecule has 2 rings (SSSR count). The molecule has 1 aromatic rings. The molecule has 1 fully saturated rings. The van der Waals surface area contributed by atoms with Crippen LogP contribution in [-0.2, 0) is 6.54 Å². The first-order valence-electron chi connectivity index (χ1n) is 6.31. The van der Waals surface area contributed by atoms with Gasteiger partial charge in [-0.25, -0.2) is 0 Å². The molecule has 0 atom stereocenters. The average Bonchev–Trinajstić information content (AvgIpc) is 2.76. The van der Waals surface area contributed by atoms with E-state index in [1.165, 1.54) is 32.1 Å². The predicted molar refractivity (Wildman–Crippen MR) is 62.1 cm³/mol. The molecule has 1 N–H and O–H groups in total. The van der Waals surface area contributed by atoms with Gasteiger partial charge in [0.2, 0.25) is 11.8 Å². The summed E-state index contributed by atoms with van der Waals surface area (Å²) in [6.07, 6.45) is 6.37. The Labute approximate surface area is 96.8 Å². The summed E-state index contributed by atoms with van der Waals surface area (Å²) in [5.74, 6) is 2.07. The summed E-state index contributed by atoms with van der Waals surface area (Å²) in [4.78, 5) is 0. The van der Waals surface area contributed by atoms with Crippen LogP contribution in [0.4, 0.5) is 0 Å². The number of rotatable bonds is 4. The molecular formula is C12H21N3O. The van der Waals surface area contributed by atoms with E-state index in [0.717, 1.165) is 5.89 Å². The molecular weight excluding hydrogens is 202 g/mol. The van der Waals surface area contributed by atoms with E-state index in [1.807, 2.05) is 0 Å². The van der Waals surface area contributed by atoms with Crippen molar-refractivity contribution >= 4 is 0 Å². The van der Waals surface area contributed by atoms with Crippen LogP contribution >= 0.6 is 0 Å². The third-order valence-electron chi connectivity index (χ3n) is 3.10. The summed E-state index contributed by atoms with van der Waals surface area (Å²) in [5.41, 5.74) is 0. The van der Waals surface area contributed by atoms with Crippen molar-refractivity contribution < 1.29 is 4.42 Å². The zero-order valence-corrected chi connectivity index (χ0v) is 10.2. The molecule has 4 nitrogen and oxygen atoms in total. The molecule has 1 heterocycles. The van der Waals surface area contributed by atoms with Crippen LogP contribution in [0.25, 0.3) is 0 Å². The van der Waals surface area contributed by atoms with Crippen LogP contribution in [0.1, 0.15) is 63.7 Å². The molecule has 0 amide bonds. The Morgan fingerprint density at radius 1 is 1.25 bits per heavy atom. The first-order chi connectivity index (χ1) is 7.75. The topological polar surface area (TPSA) is 51.0 Å². The zero-order chi connectivity index (χ0) is 11.4. The standard InChI is InChI=1S/C12H21N3O/c1-9(2)13-8-11-14-15-12(16-11)10-6-4-3-5-7-10/h9-10,13H,3-8H2,1-2H3. The van der Waals surface area contributed by atoms with Crippen molar-refractivity contribution in [1.29, 1.82) is 0 Å². The van der Waals surface area contributed by atoms with E-state index < -0.39 is 0 Å². The number of nitrogens with one attached hydrogen (secondary N) is 1. The maximum absolute atomic E-state index is 5.69. The highest BCUT2D eigenvalue weighted by molar-refractivity contribution is 4.93. The van der Waals surface area contributed by atoms with E-state index in [0.29, 0.717) is 24.4 Å². The Morgan fingerprint density at radius 2 is 2.00 bits per heavy atom. The minimum Gasteiger partial charge on any atom is -0.424 e. The van der Waals surface area contributed by atoms with E-state index >= 15 is 0 Å². The van der Waals surface area contributed by atoms with Gasteiger partial charge in [0.05, 0.1) is 6.54 Å². The van der Waals surface area contributed by atoms with Gasteiger partial charge in [-0.15, -0.1) is 10.2 Å². The molecule has 0 unspecified atom stereocenters. The third kappa shape index (κ3) is 3.04. The van der Waals surface area contributed by atoms with Gasteiger partial charge in [0, 0.05) is 12.0 Å². The van der Waals surface area contributed by atoms with Crippen LogP contribution in [0.5, 0.6) is 0 Å².